The monoisotopic (exact) mass is 495 g/mol. The number of aromatic carboxylic acids is 1. The number of nitrogens with zero attached hydrogens (tertiary/aromatic N) is 2. The molecule has 0 saturated carbocycles. The van der Waals surface area contributed by atoms with Crippen molar-refractivity contribution in [2.45, 2.75) is 18.9 Å². The molecule has 1 aromatic heterocycles. The lowest BCUT2D eigenvalue weighted by atomic mass is 9.98. The summed E-state index contributed by atoms with van der Waals surface area (Å²) < 4.78 is 14.7. The fourth-order valence-electron chi connectivity index (χ4n) is 4.29. The average Bonchev–Trinajstić information content (AvgIpc) is 3.39. The Bertz CT molecular complexity index is 1230. The first kappa shape index (κ1) is 24.4. The van der Waals surface area contributed by atoms with E-state index in [2.05, 4.69) is 9.69 Å². The number of carboxylic acids is 1. The minimum atomic E-state index is -1.18. The van der Waals surface area contributed by atoms with E-state index in [4.69, 9.17) is 9.47 Å². The highest BCUT2D eigenvalue weighted by Crippen LogP contribution is 2.44. The number of benzene rings is 2. The van der Waals surface area contributed by atoms with Gasteiger partial charge in [0.2, 0.25) is 0 Å². The van der Waals surface area contributed by atoms with Crippen molar-refractivity contribution in [1.82, 2.24) is 9.69 Å². The number of aromatic nitrogens is 1. The fraction of sp³-hybridized carbons (Fsp3) is 0.280. The molecule has 10 heteroatoms. The summed E-state index contributed by atoms with van der Waals surface area (Å²) in [6.45, 7) is 1.54. The van der Waals surface area contributed by atoms with Crippen molar-refractivity contribution in [3.8, 4) is 11.1 Å². The number of likely N-dealkylation sites (N-methyl/N-ethyl adjacent to an activating group) is 1. The molecule has 2 amide bonds. The first-order chi connectivity index (χ1) is 16.8. The van der Waals surface area contributed by atoms with Crippen LogP contribution >= 0.6 is 11.5 Å². The van der Waals surface area contributed by atoms with Crippen LogP contribution in [-0.4, -0.2) is 60.9 Å². The zero-order valence-corrected chi connectivity index (χ0v) is 20.3. The quantitative estimate of drug-likeness (QED) is 0.490. The van der Waals surface area contributed by atoms with Gasteiger partial charge in [-0.3, -0.25) is 4.79 Å². The number of fused-ring (bicyclic) bond motifs is 3. The molecule has 1 aliphatic rings. The highest BCUT2D eigenvalue weighted by Gasteiger charge is 2.32. The predicted octanol–water partition coefficient (Wildman–Crippen LogP) is 3.67. The van der Waals surface area contributed by atoms with Crippen molar-refractivity contribution in [3.05, 3.63) is 70.9 Å². The molecule has 0 unspecified atom stereocenters. The van der Waals surface area contributed by atoms with Crippen molar-refractivity contribution in [3.63, 3.8) is 0 Å². The third-order valence-corrected chi connectivity index (χ3v) is 6.98. The molecule has 2 aromatic carbocycles. The fourth-order valence-corrected chi connectivity index (χ4v) is 5.14. The van der Waals surface area contributed by atoms with Gasteiger partial charge in [-0.25, -0.2) is 9.59 Å². The number of anilines is 1. The van der Waals surface area contributed by atoms with Gasteiger partial charge < -0.3 is 24.8 Å². The second-order valence-corrected chi connectivity index (χ2v) is 8.88. The molecule has 2 N–H and O–H groups in total. The highest BCUT2D eigenvalue weighted by molar-refractivity contribution is 7.11. The Balaban J connectivity index is 1.45. The van der Waals surface area contributed by atoms with E-state index in [1.54, 1.807) is 6.92 Å². The predicted molar refractivity (Wildman–Crippen MR) is 131 cm³/mol. The number of rotatable bonds is 8. The number of amides is 2. The Morgan fingerprint density at radius 1 is 1.11 bits per heavy atom. The van der Waals surface area contributed by atoms with Crippen LogP contribution in [0.5, 0.6) is 0 Å². The van der Waals surface area contributed by atoms with Crippen LogP contribution in [0, 0.1) is 6.92 Å². The summed E-state index contributed by atoms with van der Waals surface area (Å²) >= 11 is 0.899. The van der Waals surface area contributed by atoms with Crippen molar-refractivity contribution >= 4 is 34.5 Å². The molecular weight excluding hydrogens is 470 g/mol. The molecular formula is C25H25N3O6S. The number of aryl methyl sites for hydroxylation is 1. The van der Waals surface area contributed by atoms with Gasteiger partial charge in [0.15, 0.2) is 0 Å². The molecule has 0 fully saturated rings. The van der Waals surface area contributed by atoms with Gasteiger partial charge in [-0.2, -0.15) is 4.37 Å². The normalized spacial score (nSPS) is 13.0. The molecule has 0 aliphatic heterocycles. The summed E-state index contributed by atoms with van der Waals surface area (Å²) in [5, 5.41) is 12.2. The molecule has 3 aromatic rings. The summed E-state index contributed by atoms with van der Waals surface area (Å²) in [7, 11) is 2.84. The van der Waals surface area contributed by atoms with E-state index in [0.29, 0.717) is 5.69 Å². The SMILES string of the molecule is COC[C@H](NC(=O)OCC1c2ccccc2-c2ccccc21)C(=O)N(C)c1snc(C)c1C(=O)O. The van der Waals surface area contributed by atoms with Gasteiger partial charge in [-0.15, -0.1) is 0 Å². The lowest BCUT2D eigenvalue weighted by Gasteiger charge is -2.23. The number of ether oxygens (including phenoxy) is 2. The largest absolute Gasteiger partial charge is 0.478 e. The average molecular weight is 496 g/mol. The Kier molecular flexibility index (Phi) is 7.13. The molecule has 9 nitrogen and oxygen atoms in total. The van der Waals surface area contributed by atoms with E-state index in [1.165, 1.54) is 19.1 Å². The minimum absolute atomic E-state index is 0.0526. The van der Waals surface area contributed by atoms with Crippen LogP contribution in [-0.2, 0) is 14.3 Å². The molecule has 1 heterocycles. The summed E-state index contributed by atoms with van der Waals surface area (Å²) in [6, 6.07) is 14.9. The van der Waals surface area contributed by atoms with Crippen molar-refractivity contribution in [2.24, 2.45) is 0 Å². The van der Waals surface area contributed by atoms with Crippen molar-refractivity contribution < 1.29 is 29.0 Å². The number of nitrogens with one attached hydrogen (secondary N) is 1. The highest BCUT2D eigenvalue weighted by atomic mass is 32.1. The van der Waals surface area contributed by atoms with Gasteiger partial charge in [0.05, 0.1) is 12.3 Å². The summed E-state index contributed by atoms with van der Waals surface area (Å²) in [4.78, 5) is 38.6. The van der Waals surface area contributed by atoms with Gasteiger partial charge in [0, 0.05) is 20.1 Å². The standard InChI is InChI=1S/C25H25N3O6S/c1-14-21(24(30)31)23(35-27-14)28(2)22(29)20(13-33-3)26-25(32)34-12-19-17-10-6-4-8-15(17)16-9-5-7-11-18(16)19/h4-11,19-20H,12-13H2,1-3H3,(H,26,32)(H,30,31)/t20-/m0/s1. The van der Waals surface area contributed by atoms with Crippen LogP contribution in [0.1, 0.15) is 33.1 Å². The Labute approximate surface area is 206 Å². The van der Waals surface area contributed by atoms with E-state index >= 15 is 0 Å². The van der Waals surface area contributed by atoms with Crippen LogP contribution in [0.4, 0.5) is 9.80 Å². The lowest BCUT2D eigenvalue weighted by Crippen LogP contribution is -2.50. The first-order valence-corrected chi connectivity index (χ1v) is 11.7. The molecule has 182 valence electrons. The zero-order chi connectivity index (χ0) is 25.1. The van der Waals surface area contributed by atoms with E-state index in [9.17, 15) is 19.5 Å². The second kappa shape index (κ2) is 10.2. The van der Waals surface area contributed by atoms with E-state index in [1.807, 2.05) is 48.5 Å². The second-order valence-electron chi connectivity index (χ2n) is 8.13. The number of alkyl carbamates (subject to hydrolysis) is 1. The van der Waals surface area contributed by atoms with Crippen LogP contribution in [0.15, 0.2) is 48.5 Å². The van der Waals surface area contributed by atoms with E-state index in [-0.39, 0.29) is 29.7 Å². The Morgan fingerprint density at radius 3 is 2.29 bits per heavy atom. The minimum Gasteiger partial charge on any atom is -0.478 e. The molecule has 0 bridgehead atoms. The topological polar surface area (TPSA) is 118 Å². The van der Waals surface area contributed by atoms with Gasteiger partial charge in [0.25, 0.3) is 5.91 Å². The number of hydrogen-bond acceptors (Lipinski definition) is 7. The smallest absolute Gasteiger partial charge is 0.407 e. The van der Waals surface area contributed by atoms with Crippen molar-refractivity contribution in [2.75, 3.05) is 32.3 Å². The number of carboxylic acid groups (broad SMARTS) is 1. The number of carbonyl (C=O) groups is 3. The van der Waals surface area contributed by atoms with Crippen LogP contribution < -0.4 is 10.2 Å². The maximum atomic E-state index is 13.1. The summed E-state index contributed by atoms with van der Waals surface area (Å²) in [6.07, 6.45) is -0.769. The lowest BCUT2D eigenvalue weighted by molar-refractivity contribution is -0.121. The summed E-state index contributed by atoms with van der Waals surface area (Å²) in [5.41, 5.74) is 4.63. The van der Waals surface area contributed by atoms with Crippen LogP contribution in [0.25, 0.3) is 11.1 Å². The maximum Gasteiger partial charge on any atom is 0.407 e. The molecule has 35 heavy (non-hydrogen) atoms. The molecule has 1 aliphatic carbocycles. The number of hydrogen-bond donors (Lipinski definition) is 2. The van der Waals surface area contributed by atoms with Gasteiger partial charge >= 0.3 is 12.1 Å². The number of carbonyl (C=O) groups excluding carboxylic acids is 2. The van der Waals surface area contributed by atoms with Crippen LogP contribution in [0.3, 0.4) is 0 Å². The van der Waals surface area contributed by atoms with Gasteiger partial charge in [0.1, 0.15) is 23.2 Å². The first-order valence-electron chi connectivity index (χ1n) is 10.9. The molecule has 0 radical (unpaired) electrons. The molecule has 0 saturated heterocycles. The maximum absolute atomic E-state index is 13.1. The van der Waals surface area contributed by atoms with Gasteiger partial charge in [-0.05, 0) is 40.7 Å². The third-order valence-electron chi connectivity index (χ3n) is 5.96. The van der Waals surface area contributed by atoms with Gasteiger partial charge in [-0.1, -0.05) is 48.5 Å². The van der Waals surface area contributed by atoms with E-state index < -0.39 is 24.0 Å². The van der Waals surface area contributed by atoms with E-state index in [0.717, 1.165) is 33.8 Å². The molecule has 4 rings (SSSR count). The van der Waals surface area contributed by atoms with Crippen LogP contribution in [0.2, 0.25) is 0 Å². The van der Waals surface area contributed by atoms with Crippen molar-refractivity contribution in [1.29, 1.82) is 0 Å². The Hall–Kier alpha value is -3.76. The Morgan fingerprint density at radius 2 is 1.71 bits per heavy atom. The number of methoxy groups -OCH3 is 1. The summed E-state index contributed by atoms with van der Waals surface area (Å²) in [5.74, 6) is -1.85. The zero-order valence-electron chi connectivity index (χ0n) is 19.5. The molecule has 0 spiro atoms. The third kappa shape index (κ3) is 4.75. The molecule has 1 atom stereocenters.